The van der Waals surface area contributed by atoms with Crippen molar-refractivity contribution in [2.75, 3.05) is 0 Å². The van der Waals surface area contributed by atoms with Crippen molar-refractivity contribution in [3.05, 3.63) is 50.4 Å². The van der Waals surface area contributed by atoms with Gasteiger partial charge in [-0.25, -0.2) is 9.67 Å². The lowest BCUT2D eigenvalue weighted by Gasteiger charge is -2.01. The van der Waals surface area contributed by atoms with E-state index in [1.54, 1.807) is 13.0 Å². The molecule has 0 aliphatic heterocycles. The molecule has 0 spiro atoms. The first-order chi connectivity index (χ1) is 8.49. The van der Waals surface area contributed by atoms with Gasteiger partial charge < -0.3 is 0 Å². The zero-order chi connectivity index (χ0) is 13.3. The molecule has 0 fully saturated rings. The Morgan fingerprint density at radius 3 is 2.50 bits per heavy atom. The van der Waals surface area contributed by atoms with Gasteiger partial charge >= 0.3 is 5.69 Å². The largest absolute Gasteiger partial charge is 0.320 e. The lowest BCUT2D eigenvalue weighted by atomic mass is 10.3. The molecule has 0 aliphatic carbocycles. The van der Waals surface area contributed by atoms with Gasteiger partial charge in [0.2, 0.25) is 5.82 Å². The van der Waals surface area contributed by atoms with Gasteiger partial charge in [-0.3, -0.25) is 20.2 Å². The summed E-state index contributed by atoms with van der Waals surface area (Å²) in [6.45, 7) is 1.72. The van der Waals surface area contributed by atoms with E-state index in [0.29, 0.717) is 5.69 Å². The Bertz CT molecular complexity index is 636. The summed E-state index contributed by atoms with van der Waals surface area (Å²) in [7, 11) is 0. The van der Waals surface area contributed by atoms with Crippen LogP contribution in [-0.2, 0) is 0 Å². The summed E-state index contributed by atoms with van der Waals surface area (Å²) in [6, 6.07) is 2.51. The highest BCUT2D eigenvalue weighted by Crippen LogP contribution is 2.24. The molecule has 2 aromatic rings. The summed E-state index contributed by atoms with van der Waals surface area (Å²) >= 11 is 0. The molecule has 2 aromatic heterocycles. The van der Waals surface area contributed by atoms with Crippen molar-refractivity contribution in [2.45, 2.75) is 6.92 Å². The first kappa shape index (κ1) is 11.6. The second kappa shape index (κ2) is 4.20. The van der Waals surface area contributed by atoms with Crippen molar-refractivity contribution in [1.82, 2.24) is 14.8 Å². The number of rotatable bonds is 3. The monoisotopic (exact) mass is 249 g/mol. The molecule has 0 aliphatic rings. The van der Waals surface area contributed by atoms with E-state index < -0.39 is 21.2 Å². The van der Waals surface area contributed by atoms with E-state index in [0.717, 1.165) is 12.3 Å². The summed E-state index contributed by atoms with van der Waals surface area (Å²) in [4.78, 5) is 23.7. The summed E-state index contributed by atoms with van der Waals surface area (Å²) in [6.07, 6.45) is 2.45. The number of nitro groups is 2. The molecule has 0 unspecified atom stereocenters. The molecule has 9 heteroatoms. The third-order valence-electron chi connectivity index (χ3n) is 2.18. The predicted molar refractivity (Wildman–Crippen MR) is 59.4 cm³/mol. The van der Waals surface area contributed by atoms with Crippen molar-refractivity contribution < 1.29 is 9.85 Å². The van der Waals surface area contributed by atoms with Crippen molar-refractivity contribution in [2.24, 2.45) is 0 Å². The molecule has 0 atom stereocenters. The van der Waals surface area contributed by atoms with Crippen LogP contribution in [0.4, 0.5) is 11.4 Å². The van der Waals surface area contributed by atoms with Crippen LogP contribution < -0.4 is 0 Å². The van der Waals surface area contributed by atoms with E-state index in [4.69, 9.17) is 0 Å². The van der Waals surface area contributed by atoms with Gasteiger partial charge in [-0.15, -0.1) is 0 Å². The average Bonchev–Trinajstić information content (AvgIpc) is 2.74. The maximum atomic E-state index is 10.9. The summed E-state index contributed by atoms with van der Waals surface area (Å²) < 4.78 is 1.21. The third-order valence-corrected chi connectivity index (χ3v) is 2.18. The van der Waals surface area contributed by atoms with Crippen LogP contribution in [0.15, 0.2) is 24.5 Å². The van der Waals surface area contributed by atoms with E-state index in [1.165, 1.54) is 10.9 Å². The average molecular weight is 249 g/mol. The van der Waals surface area contributed by atoms with Crippen molar-refractivity contribution in [1.29, 1.82) is 0 Å². The van der Waals surface area contributed by atoms with Crippen molar-refractivity contribution >= 4 is 11.4 Å². The van der Waals surface area contributed by atoms with Crippen LogP contribution in [0.1, 0.15) is 5.69 Å². The molecular formula is C9H7N5O4. The standard InChI is InChI=1S/C9H7N5O4/c1-6-2-3-12(11-6)9-8(14(17)18)4-7(5-10-9)13(15)16/h2-5H,1H3. The molecule has 0 radical (unpaired) electrons. The zero-order valence-electron chi connectivity index (χ0n) is 9.18. The van der Waals surface area contributed by atoms with Gasteiger partial charge in [-0.1, -0.05) is 0 Å². The predicted octanol–water partition coefficient (Wildman–Crippen LogP) is 1.39. The Morgan fingerprint density at radius 1 is 1.28 bits per heavy atom. The summed E-state index contributed by atoms with van der Waals surface area (Å²) in [5, 5.41) is 25.4. The van der Waals surface area contributed by atoms with Crippen molar-refractivity contribution in [3.8, 4) is 5.82 Å². The molecule has 9 nitrogen and oxygen atoms in total. The zero-order valence-corrected chi connectivity index (χ0v) is 9.18. The smallest absolute Gasteiger partial charge is 0.258 e. The van der Waals surface area contributed by atoms with Gasteiger partial charge in [0.15, 0.2) is 0 Å². The quantitative estimate of drug-likeness (QED) is 0.599. The van der Waals surface area contributed by atoms with Gasteiger partial charge in [-0.2, -0.15) is 5.10 Å². The lowest BCUT2D eigenvalue weighted by molar-refractivity contribution is -0.394. The molecule has 0 bridgehead atoms. The minimum Gasteiger partial charge on any atom is -0.258 e. The summed E-state index contributed by atoms with van der Waals surface area (Å²) in [5.41, 5.74) is -0.244. The van der Waals surface area contributed by atoms with E-state index in [2.05, 4.69) is 10.1 Å². The van der Waals surface area contributed by atoms with Gasteiger partial charge in [0.05, 0.1) is 21.6 Å². The Labute approximate surface area is 100.0 Å². The third kappa shape index (κ3) is 2.00. The number of aromatic nitrogens is 3. The first-order valence-electron chi connectivity index (χ1n) is 4.80. The van der Waals surface area contributed by atoms with Crippen LogP contribution in [0.2, 0.25) is 0 Å². The van der Waals surface area contributed by atoms with E-state index in [1.807, 2.05) is 0 Å². The Balaban J connectivity index is 2.60. The molecule has 0 N–H and O–H groups in total. The van der Waals surface area contributed by atoms with Crippen LogP contribution in [0.5, 0.6) is 0 Å². The molecule has 92 valence electrons. The number of aryl methyl sites for hydroxylation is 1. The highest BCUT2D eigenvalue weighted by molar-refractivity contribution is 5.52. The number of hydrogen-bond acceptors (Lipinski definition) is 6. The van der Waals surface area contributed by atoms with Gasteiger partial charge in [0, 0.05) is 6.20 Å². The van der Waals surface area contributed by atoms with Crippen LogP contribution in [0.25, 0.3) is 5.82 Å². The van der Waals surface area contributed by atoms with Crippen LogP contribution in [0, 0.1) is 27.2 Å². The molecule has 18 heavy (non-hydrogen) atoms. The Morgan fingerprint density at radius 2 is 2.00 bits per heavy atom. The van der Waals surface area contributed by atoms with E-state index in [-0.39, 0.29) is 5.82 Å². The normalized spacial score (nSPS) is 10.3. The highest BCUT2D eigenvalue weighted by atomic mass is 16.6. The Kier molecular flexibility index (Phi) is 2.72. The lowest BCUT2D eigenvalue weighted by Crippen LogP contribution is -2.04. The number of hydrogen-bond donors (Lipinski definition) is 0. The van der Waals surface area contributed by atoms with Gasteiger partial charge in [0.1, 0.15) is 6.20 Å². The molecule has 0 saturated carbocycles. The fourth-order valence-corrected chi connectivity index (χ4v) is 1.38. The fraction of sp³-hybridized carbons (Fsp3) is 0.111. The topological polar surface area (TPSA) is 117 Å². The molecular weight excluding hydrogens is 242 g/mol. The minimum atomic E-state index is -0.738. The fourth-order valence-electron chi connectivity index (χ4n) is 1.38. The summed E-state index contributed by atoms with van der Waals surface area (Å²) in [5.74, 6) is -0.0568. The van der Waals surface area contributed by atoms with Crippen LogP contribution >= 0.6 is 0 Å². The Hall–Kier alpha value is -2.84. The highest BCUT2D eigenvalue weighted by Gasteiger charge is 2.22. The van der Waals surface area contributed by atoms with E-state index in [9.17, 15) is 20.2 Å². The molecule has 0 amide bonds. The number of pyridine rings is 1. The van der Waals surface area contributed by atoms with Crippen molar-refractivity contribution in [3.63, 3.8) is 0 Å². The van der Waals surface area contributed by atoms with Gasteiger partial charge in [-0.05, 0) is 13.0 Å². The first-order valence-corrected chi connectivity index (χ1v) is 4.80. The number of nitrogens with zero attached hydrogens (tertiary/aromatic N) is 5. The second-order valence-electron chi connectivity index (χ2n) is 3.45. The second-order valence-corrected chi connectivity index (χ2v) is 3.45. The SMILES string of the molecule is Cc1ccn(-c2ncc([N+](=O)[O-])cc2[N+](=O)[O-])n1. The van der Waals surface area contributed by atoms with Crippen LogP contribution in [0.3, 0.4) is 0 Å². The molecule has 2 rings (SSSR count). The maximum Gasteiger partial charge on any atom is 0.320 e. The molecule has 0 saturated heterocycles. The molecule has 0 aromatic carbocycles. The minimum absolute atomic E-state index is 0.0568. The van der Waals surface area contributed by atoms with Crippen LogP contribution in [-0.4, -0.2) is 24.6 Å². The van der Waals surface area contributed by atoms with Gasteiger partial charge in [0.25, 0.3) is 5.69 Å². The molecule has 2 heterocycles. The van der Waals surface area contributed by atoms with E-state index >= 15 is 0 Å². The maximum absolute atomic E-state index is 10.9.